The maximum Gasteiger partial charge on any atom is 0.407 e. The van der Waals surface area contributed by atoms with Crippen LogP contribution in [0.1, 0.15) is 56.8 Å². The number of amides is 1. The van der Waals surface area contributed by atoms with Crippen LogP contribution in [0.5, 0.6) is 0 Å². The third kappa shape index (κ3) is 4.40. The van der Waals surface area contributed by atoms with Crippen LogP contribution in [0.15, 0.2) is 22.0 Å². The van der Waals surface area contributed by atoms with Crippen LogP contribution in [-0.4, -0.2) is 48.0 Å². The highest BCUT2D eigenvalue weighted by molar-refractivity contribution is 8.00. The number of aromatic nitrogens is 1. The molecular formula is C23H28FN3O5S. The summed E-state index contributed by atoms with van der Waals surface area (Å²) < 4.78 is 27.4. The van der Waals surface area contributed by atoms with Crippen LogP contribution in [0.3, 0.4) is 0 Å². The molecule has 1 fully saturated rings. The summed E-state index contributed by atoms with van der Waals surface area (Å²) in [6, 6.07) is 2.69. The minimum atomic E-state index is -0.687. The molecule has 1 N–H and O–H groups in total. The first-order valence-electron chi connectivity index (χ1n) is 11.0. The summed E-state index contributed by atoms with van der Waals surface area (Å²) >= 11 is 1.41. The molecule has 33 heavy (non-hydrogen) atoms. The van der Waals surface area contributed by atoms with Gasteiger partial charge in [0.15, 0.2) is 0 Å². The van der Waals surface area contributed by atoms with E-state index >= 15 is 4.39 Å². The molecule has 178 valence electrons. The number of halogens is 1. The first-order valence-corrected chi connectivity index (χ1v) is 11.9. The van der Waals surface area contributed by atoms with E-state index in [2.05, 4.69) is 5.32 Å². The molecule has 10 heteroatoms. The number of esters is 1. The van der Waals surface area contributed by atoms with Gasteiger partial charge < -0.3 is 24.3 Å². The van der Waals surface area contributed by atoms with E-state index in [-0.39, 0.29) is 29.0 Å². The lowest BCUT2D eigenvalue weighted by molar-refractivity contribution is 0.0502. The minimum absolute atomic E-state index is 0.00486. The van der Waals surface area contributed by atoms with Crippen molar-refractivity contribution < 1.29 is 23.5 Å². The number of anilines is 1. The van der Waals surface area contributed by atoms with Gasteiger partial charge in [0.25, 0.3) is 0 Å². The van der Waals surface area contributed by atoms with Crippen molar-refractivity contribution in [3.8, 4) is 0 Å². The molecule has 0 aliphatic carbocycles. The smallest absolute Gasteiger partial charge is 0.407 e. The largest absolute Gasteiger partial charge is 0.462 e. The predicted molar refractivity (Wildman–Crippen MR) is 125 cm³/mol. The highest BCUT2D eigenvalue weighted by Gasteiger charge is 2.35. The number of nitrogens with zero attached hydrogens (tertiary/aromatic N) is 2. The number of hydrogen-bond acceptors (Lipinski definition) is 7. The summed E-state index contributed by atoms with van der Waals surface area (Å²) in [4.78, 5) is 39.4. The van der Waals surface area contributed by atoms with Crippen LogP contribution < -0.4 is 15.6 Å². The number of carbonyl (C=O) groups is 2. The Morgan fingerprint density at radius 3 is 2.67 bits per heavy atom. The molecule has 1 aromatic carbocycles. The zero-order chi connectivity index (χ0) is 24.1. The molecule has 8 nitrogen and oxygen atoms in total. The van der Waals surface area contributed by atoms with E-state index in [0.29, 0.717) is 35.7 Å². The van der Waals surface area contributed by atoms with Crippen LogP contribution in [0.2, 0.25) is 0 Å². The molecule has 2 aliphatic heterocycles. The third-order valence-corrected chi connectivity index (χ3v) is 6.78. The molecule has 2 unspecified atom stereocenters. The van der Waals surface area contributed by atoms with Gasteiger partial charge in [0.05, 0.1) is 34.3 Å². The van der Waals surface area contributed by atoms with E-state index in [1.54, 1.807) is 33.8 Å². The van der Waals surface area contributed by atoms with Gasteiger partial charge in [0, 0.05) is 18.5 Å². The lowest BCUT2D eigenvalue weighted by Gasteiger charge is -2.33. The second-order valence-electron chi connectivity index (χ2n) is 9.22. The summed E-state index contributed by atoms with van der Waals surface area (Å²) in [5.41, 5.74) is -0.223. The van der Waals surface area contributed by atoms with Gasteiger partial charge in [0.2, 0.25) is 5.43 Å². The van der Waals surface area contributed by atoms with Gasteiger partial charge in [-0.25, -0.2) is 14.0 Å². The van der Waals surface area contributed by atoms with Crippen molar-refractivity contribution in [2.24, 2.45) is 0 Å². The fourth-order valence-corrected chi connectivity index (χ4v) is 5.38. The Morgan fingerprint density at radius 2 is 2.03 bits per heavy atom. The Bertz CT molecular complexity index is 1190. The Balaban J connectivity index is 1.65. The molecule has 0 spiro atoms. The summed E-state index contributed by atoms with van der Waals surface area (Å²) in [6.45, 7) is 10.1. The molecule has 0 radical (unpaired) electrons. The van der Waals surface area contributed by atoms with Gasteiger partial charge in [0.1, 0.15) is 17.0 Å². The van der Waals surface area contributed by atoms with E-state index in [4.69, 9.17) is 9.47 Å². The van der Waals surface area contributed by atoms with Gasteiger partial charge in [-0.1, -0.05) is 11.8 Å². The molecule has 1 saturated heterocycles. The standard InChI is InChI=1S/C23H28FN3O5S/c1-6-31-21(29)18-19(28)14-9-15(24)17(10-16(14)27-12(2)33-20(18)27)26-8-7-13(11-26)25-22(30)32-23(3,4)5/h9-10,12-13H,6-8,11H2,1-5H3,(H,25,30). The van der Waals surface area contributed by atoms with E-state index in [9.17, 15) is 14.4 Å². The van der Waals surface area contributed by atoms with Gasteiger partial charge in [-0.3, -0.25) is 4.79 Å². The summed E-state index contributed by atoms with van der Waals surface area (Å²) in [5, 5.41) is 3.53. The van der Waals surface area contributed by atoms with Crippen molar-refractivity contribution in [1.29, 1.82) is 0 Å². The number of fused-ring (bicyclic) bond motifs is 3. The number of nitrogens with one attached hydrogen (secondary N) is 1. The molecular weight excluding hydrogens is 449 g/mol. The monoisotopic (exact) mass is 477 g/mol. The summed E-state index contributed by atoms with van der Waals surface area (Å²) in [5.74, 6) is -1.24. The number of ether oxygens (including phenoxy) is 2. The number of carbonyl (C=O) groups excluding carboxylic acids is 2. The van der Waals surface area contributed by atoms with Crippen LogP contribution >= 0.6 is 11.8 Å². The summed E-state index contributed by atoms with van der Waals surface area (Å²) in [7, 11) is 0. The minimum Gasteiger partial charge on any atom is -0.462 e. The van der Waals surface area contributed by atoms with E-state index in [1.807, 2.05) is 16.4 Å². The number of benzene rings is 1. The fourth-order valence-electron chi connectivity index (χ4n) is 4.23. The van der Waals surface area contributed by atoms with Gasteiger partial charge in [-0.05, 0) is 53.2 Å². The molecule has 4 rings (SSSR count). The second kappa shape index (κ2) is 8.55. The van der Waals surface area contributed by atoms with Crippen LogP contribution in [-0.2, 0) is 9.47 Å². The zero-order valence-electron chi connectivity index (χ0n) is 19.4. The molecule has 2 aromatic rings. The third-order valence-electron chi connectivity index (χ3n) is 5.60. The van der Waals surface area contributed by atoms with Crippen molar-refractivity contribution >= 4 is 40.4 Å². The van der Waals surface area contributed by atoms with Crippen LogP contribution in [0, 0.1) is 5.82 Å². The lowest BCUT2D eigenvalue weighted by atomic mass is 10.1. The maximum atomic E-state index is 15.2. The van der Waals surface area contributed by atoms with E-state index in [1.165, 1.54) is 17.8 Å². The first kappa shape index (κ1) is 23.4. The average molecular weight is 478 g/mol. The topological polar surface area (TPSA) is 89.9 Å². The lowest BCUT2D eigenvalue weighted by Crippen LogP contribution is -2.40. The second-order valence-corrected chi connectivity index (χ2v) is 10.5. The van der Waals surface area contributed by atoms with Crippen molar-refractivity contribution in [3.63, 3.8) is 0 Å². The first-order chi connectivity index (χ1) is 15.5. The molecule has 1 aromatic heterocycles. The Kier molecular flexibility index (Phi) is 6.07. The highest BCUT2D eigenvalue weighted by atomic mass is 32.2. The average Bonchev–Trinajstić information content (AvgIpc) is 3.14. The molecule has 3 heterocycles. The predicted octanol–water partition coefficient (Wildman–Crippen LogP) is 4.04. The highest BCUT2D eigenvalue weighted by Crippen LogP contribution is 2.47. The number of pyridine rings is 1. The maximum absolute atomic E-state index is 15.2. The zero-order valence-corrected chi connectivity index (χ0v) is 20.2. The quantitative estimate of drug-likeness (QED) is 0.665. The Hall–Kier alpha value is -2.75. The van der Waals surface area contributed by atoms with Crippen molar-refractivity contribution in [1.82, 2.24) is 9.88 Å². The molecule has 2 atom stereocenters. The van der Waals surface area contributed by atoms with Gasteiger partial charge in [-0.15, -0.1) is 0 Å². The SMILES string of the molecule is CCOC(=O)c1c2n(c3cc(N4CCC(NC(=O)OC(C)(C)C)C4)c(F)cc3c1=O)C(C)S2. The molecule has 1 amide bonds. The van der Waals surface area contributed by atoms with E-state index in [0.717, 1.165) is 0 Å². The van der Waals surface area contributed by atoms with Crippen molar-refractivity contribution in [2.45, 2.75) is 63.1 Å². The van der Waals surface area contributed by atoms with Crippen LogP contribution in [0.4, 0.5) is 14.9 Å². The van der Waals surface area contributed by atoms with Gasteiger partial charge in [-0.2, -0.15) is 0 Å². The number of hydrogen-bond donors (Lipinski definition) is 1. The molecule has 2 aliphatic rings. The van der Waals surface area contributed by atoms with E-state index < -0.39 is 28.9 Å². The van der Waals surface area contributed by atoms with Crippen molar-refractivity contribution in [2.75, 3.05) is 24.6 Å². The number of alkyl carbamates (subject to hydrolysis) is 1. The Morgan fingerprint density at radius 1 is 1.30 bits per heavy atom. The fraction of sp³-hybridized carbons (Fsp3) is 0.522. The number of thioether (sulfide) groups is 1. The normalized spacial score (nSPS) is 19.8. The van der Waals surface area contributed by atoms with Crippen molar-refractivity contribution in [3.05, 3.63) is 33.7 Å². The van der Waals surface area contributed by atoms with Gasteiger partial charge >= 0.3 is 12.1 Å². The molecule has 0 saturated carbocycles. The Labute approximate surface area is 195 Å². The molecule has 0 bridgehead atoms. The summed E-state index contributed by atoms with van der Waals surface area (Å²) in [6.07, 6.45) is 0.140. The number of rotatable bonds is 4. The van der Waals surface area contributed by atoms with Crippen LogP contribution in [0.25, 0.3) is 10.9 Å².